The van der Waals surface area contributed by atoms with Gasteiger partial charge in [0, 0.05) is 17.8 Å². The summed E-state index contributed by atoms with van der Waals surface area (Å²) in [5, 5.41) is 15.3. The lowest BCUT2D eigenvalue weighted by atomic mass is 9.77. The highest BCUT2D eigenvalue weighted by Crippen LogP contribution is 2.43. The topological polar surface area (TPSA) is 54.5 Å². The molecule has 0 bridgehead atoms. The fourth-order valence-corrected chi connectivity index (χ4v) is 5.21. The second kappa shape index (κ2) is 10.2. The van der Waals surface area contributed by atoms with Gasteiger partial charge >= 0.3 is 0 Å². The molecular weight excluding hydrogens is 483 g/mol. The minimum atomic E-state index is -1.00. The average Bonchev–Trinajstić information content (AvgIpc) is 3.38. The standard InChI is InChI=1S/C34H23FN4/c35-31-22-26(23-36)21-30-32(19-18-25-11-10-20-37-24-25)38-39(33(30)31)34(27-12-4-1-5-13-27,28-14-6-2-7-15-28)29-16-8-3-9-17-29/h1-22,24H/b19-18+. The number of hydrogen-bond donors (Lipinski definition) is 0. The maximum Gasteiger partial charge on any atom is 0.150 e. The Balaban J connectivity index is 1.76. The highest BCUT2D eigenvalue weighted by atomic mass is 19.1. The number of pyridine rings is 1. The highest BCUT2D eigenvalue weighted by Gasteiger charge is 2.41. The summed E-state index contributed by atoms with van der Waals surface area (Å²) in [5.41, 5.74) is 3.78. The number of nitriles is 1. The van der Waals surface area contributed by atoms with E-state index < -0.39 is 11.4 Å². The first-order valence-corrected chi connectivity index (χ1v) is 12.6. The third kappa shape index (κ3) is 4.18. The third-order valence-corrected chi connectivity index (χ3v) is 6.90. The molecule has 0 spiro atoms. The van der Waals surface area contributed by atoms with Gasteiger partial charge in [0.2, 0.25) is 0 Å². The molecule has 6 aromatic rings. The number of benzene rings is 4. The highest BCUT2D eigenvalue weighted by molar-refractivity contribution is 5.92. The van der Waals surface area contributed by atoms with E-state index in [1.807, 2.05) is 115 Å². The molecule has 2 aromatic heterocycles. The molecular formula is C34H23FN4. The SMILES string of the molecule is N#Cc1cc(F)c2c(c1)c(/C=C/c1cccnc1)nn2C(c1ccccc1)(c1ccccc1)c1ccccc1. The molecule has 186 valence electrons. The van der Waals surface area contributed by atoms with Crippen LogP contribution in [-0.2, 0) is 5.54 Å². The summed E-state index contributed by atoms with van der Waals surface area (Å²) >= 11 is 0. The Kier molecular flexibility index (Phi) is 6.28. The van der Waals surface area contributed by atoms with Crippen LogP contribution >= 0.6 is 0 Å². The predicted octanol–water partition coefficient (Wildman–Crippen LogP) is 7.45. The molecule has 6 rings (SSSR count). The maximum atomic E-state index is 16.1. The van der Waals surface area contributed by atoms with Crippen LogP contribution in [0.4, 0.5) is 4.39 Å². The molecule has 0 amide bonds. The van der Waals surface area contributed by atoms with Crippen LogP contribution in [0.25, 0.3) is 23.1 Å². The van der Waals surface area contributed by atoms with Crippen molar-refractivity contribution in [3.8, 4) is 6.07 Å². The number of fused-ring (bicyclic) bond motifs is 1. The Morgan fingerprint density at radius 1 is 0.744 bits per heavy atom. The first kappa shape index (κ1) is 24.0. The van der Waals surface area contributed by atoms with Gasteiger partial charge in [-0.1, -0.05) is 103 Å². The van der Waals surface area contributed by atoms with Crippen LogP contribution < -0.4 is 0 Å². The van der Waals surface area contributed by atoms with Crippen LogP contribution in [0.5, 0.6) is 0 Å². The van der Waals surface area contributed by atoms with E-state index in [9.17, 15) is 5.26 Å². The zero-order valence-electron chi connectivity index (χ0n) is 20.9. The molecule has 0 atom stereocenters. The fourth-order valence-electron chi connectivity index (χ4n) is 5.21. The Bertz CT molecular complexity index is 1710. The van der Waals surface area contributed by atoms with Gasteiger partial charge in [0.1, 0.15) is 11.1 Å². The van der Waals surface area contributed by atoms with Crippen molar-refractivity contribution < 1.29 is 4.39 Å². The van der Waals surface area contributed by atoms with E-state index in [1.54, 1.807) is 23.1 Å². The minimum Gasteiger partial charge on any atom is -0.264 e. The molecule has 0 radical (unpaired) electrons. The van der Waals surface area contributed by atoms with Crippen LogP contribution in [0.2, 0.25) is 0 Å². The number of rotatable bonds is 6. The predicted molar refractivity (Wildman–Crippen MR) is 152 cm³/mol. The van der Waals surface area contributed by atoms with E-state index in [4.69, 9.17) is 5.10 Å². The summed E-state index contributed by atoms with van der Waals surface area (Å²) in [4.78, 5) is 4.18. The zero-order valence-corrected chi connectivity index (χ0v) is 20.9. The first-order valence-electron chi connectivity index (χ1n) is 12.6. The molecule has 0 N–H and O–H groups in total. The Labute approximate surface area is 225 Å². The van der Waals surface area contributed by atoms with Crippen molar-refractivity contribution in [1.82, 2.24) is 14.8 Å². The van der Waals surface area contributed by atoms with Crippen LogP contribution in [0, 0.1) is 17.1 Å². The van der Waals surface area contributed by atoms with E-state index in [2.05, 4.69) is 11.1 Å². The third-order valence-electron chi connectivity index (χ3n) is 6.90. The van der Waals surface area contributed by atoms with Crippen LogP contribution in [0.15, 0.2) is 128 Å². The maximum absolute atomic E-state index is 16.1. The molecule has 39 heavy (non-hydrogen) atoms. The van der Waals surface area contributed by atoms with Gasteiger partial charge in [-0.3, -0.25) is 4.98 Å². The van der Waals surface area contributed by atoms with Crippen molar-refractivity contribution in [2.75, 3.05) is 0 Å². The van der Waals surface area contributed by atoms with Crippen LogP contribution in [-0.4, -0.2) is 14.8 Å². The van der Waals surface area contributed by atoms with Crippen LogP contribution in [0.3, 0.4) is 0 Å². The normalized spacial score (nSPS) is 11.6. The number of hydrogen-bond acceptors (Lipinski definition) is 3. The Morgan fingerprint density at radius 3 is 1.85 bits per heavy atom. The van der Waals surface area contributed by atoms with E-state index in [-0.39, 0.29) is 5.56 Å². The van der Waals surface area contributed by atoms with Crippen molar-refractivity contribution in [3.05, 3.63) is 167 Å². The van der Waals surface area contributed by atoms with E-state index in [0.717, 1.165) is 22.3 Å². The van der Waals surface area contributed by atoms with E-state index in [0.29, 0.717) is 16.6 Å². The second-order valence-corrected chi connectivity index (χ2v) is 9.19. The molecule has 0 aliphatic rings. The lowest BCUT2D eigenvalue weighted by Crippen LogP contribution is -2.38. The number of halogens is 1. The Hall–Kier alpha value is -5.34. The van der Waals surface area contributed by atoms with E-state index in [1.165, 1.54) is 6.07 Å². The first-order chi connectivity index (χ1) is 19.2. The summed E-state index contributed by atoms with van der Waals surface area (Å²) < 4.78 is 17.9. The smallest absolute Gasteiger partial charge is 0.150 e. The molecule has 4 nitrogen and oxygen atoms in total. The molecule has 0 aliphatic heterocycles. The van der Waals surface area contributed by atoms with Gasteiger partial charge in [-0.05, 0) is 46.5 Å². The molecule has 0 saturated carbocycles. The number of aromatic nitrogens is 3. The summed E-state index contributed by atoms with van der Waals surface area (Å²) in [5.74, 6) is -0.509. The summed E-state index contributed by atoms with van der Waals surface area (Å²) in [6.45, 7) is 0. The van der Waals surface area contributed by atoms with Crippen molar-refractivity contribution >= 4 is 23.1 Å². The molecule has 0 aliphatic carbocycles. The molecule has 4 aromatic carbocycles. The largest absolute Gasteiger partial charge is 0.264 e. The van der Waals surface area contributed by atoms with Crippen molar-refractivity contribution in [3.63, 3.8) is 0 Å². The van der Waals surface area contributed by atoms with Gasteiger partial charge in [0.05, 0.1) is 17.3 Å². The summed E-state index contributed by atoms with van der Waals surface area (Å²) in [6.07, 6.45) is 7.20. The van der Waals surface area contributed by atoms with Gasteiger partial charge in [0.25, 0.3) is 0 Å². The lowest BCUT2D eigenvalue weighted by molar-refractivity contribution is 0.467. The monoisotopic (exact) mass is 506 g/mol. The van der Waals surface area contributed by atoms with Crippen molar-refractivity contribution in [1.29, 1.82) is 5.26 Å². The second-order valence-electron chi connectivity index (χ2n) is 9.19. The fraction of sp³-hybridized carbons (Fsp3) is 0.0294. The zero-order chi connectivity index (χ0) is 26.7. The molecule has 2 heterocycles. The average molecular weight is 507 g/mol. The van der Waals surface area contributed by atoms with Gasteiger partial charge in [-0.25, -0.2) is 9.07 Å². The summed E-state index contributed by atoms with van der Waals surface area (Å²) in [7, 11) is 0. The Morgan fingerprint density at radius 2 is 1.33 bits per heavy atom. The molecule has 5 heteroatoms. The van der Waals surface area contributed by atoms with Crippen molar-refractivity contribution in [2.45, 2.75) is 5.54 Å². The van der Waals surface area contributed by atoms with Crippen LogP contribution in [0.1, 0.15) is 33.5 Å². The lowest BCUT2D eigenvalue weighted by Gasteiger charge is -2.37. The molecule has 0 saturated heterocycles. The minimum absolute atomic E-state index is 0.236. The van der Waals surface area contributed by atoms with Gasteiger partial charge in [-0.2, -0.15) is 10.4 Å². The van der Waals surface area contributed by atoms with Gasteiger partial charge in [0.15, 0.2) is 5.82 Å². The van der Waals surface area contributed by atoms with Gasteiger partial charge in [-0.15, -0.1) is 0 Å². The van der Waals surface area contributed by atoms with Crippen molar-refractivity contribution in [2.24, 2.45) is 0 Å². The molecule has 0 unspecified atom stereocenters. The number of nitrogens with zero attached hydrogens (tertiary/aromatic N) is 4. The van der Waals surface area contributed by atoms with E-state index >= 15 is 4.39 Å². The quantitative estimate of drug-likeness (QED) is 0.220. The summed E-state index contributed by atoms with van der Waals surface area (Å²) in [6, 6.07) is 38.9. The van der Waals surface area contributed by atoms with Gasteiger partial charge < -0.3 is 0 Å². The molecule has 0 fully saturated rings.